The molecule has 6 nitrogen and oxygen atoms in total. The maximum Gasteiger partial charge on any atom is 0.191 e. The summed E-state index contributed by atoms with van der Waals surface area (Å²) in [5, 5.41) is 8.07. The molecule has 2 aliphatic rings. The number of ether oxygens (including phenoxy) is 1. The minimum Gasteiger partial charge on any atom is -0.381 e. The number of hydrogen-bond acceptors (Lipinski definition) is 3. The zero-order valence-corrected chi connectivity index (χ0v) is 17.3. The quantitative estimate of drug-likeness (QED) is 0.514. The Balaban J connectivity index is 1.32. The first kappa shape index (κ1) is 20.2. The predicted octanol–water partition coefficient (Wildman–Crippen LogP) is 2.66. The third-order valence-electron chi connectivity index (χ3n) is 6.43. The molecule has 158 valence electrons. The third kappa shape index (κ3) is 4.56. The van der Waals surface area contributed by atoms with Gasteiger partial charge in [-0.2, -0.15) is 0 Å². The molecule has 0 aliphatic carbocycles. The van der Waals surface area contributed by atoms with Crippen LogP contribution >= 0.6 is 0 Å². The Bertz CT molecular complexity index is 837. The minimum absolute atomic E-state index is 0.174. The lowest BCUT2D eigenvalue weighted by molar-refractivity contribution is -0.0164. The fourth-order valence-electron chi connectivity index (χ4n) is 4.70. The first-order chi connectivity index (χ1) is 14.2. The highest BCUT2D eigenvalue weighted by Crippen LogP contribution is 2.30. The van der Waals surface area contributed by atoms with Crippen molar-refractivity contribution in [2.45, 2.75) is 37.6 Å². The molecule has 0 spiro atoms. The van der Waals surface area contributed by atoms with E-state index in [1.165, 1.54) is 37.6 Å². The van der Waals surface area contributed by atoms with Gasteiger partial charge in [0.1, 0.15) is 5.82 Å². The summed E-state index contributed by atoms with van der Waals surface area (Å²) < 4.78 is 19.0. The van der Waals surface area contributed by atoms with Crippen molar-refractivity contribution < 1.29 is 9.13 Å². The monoisotopic (exact) mass is 401 g/mol. The van der Waals surface area contributed by atoms with Crippen molar-refractivity contribution in [3.8, 4) is 0 Å². The van der Waals surface area contributed by atoms with Crippen LogP contribution in [0.3, 0.4) is 0 Å². The molecule has 0 amide bonds. The van der Waals surface area contributed by atoms with Crippen LogP contribution in [0.4, 0.5) is 4.39 Å². The number of fused-ring (bicyclic) bond motifs is 1. The van der Waals surface area contributed by atoms with E-state index in [0.29, 0.717) is 0 Å². The van der Waals surface area contributed by atoms with Gasteiger partial charge in [-0.1, -0.05) is 0 Å². The lowest BCUT2D eigenvalue weighted by Crippen LogP contribution is -2.58. The van der Waals surface area contributed by atoms with Crippen LogP contribution in [0, 0.1) is 5.82 Å². The molecular formula is C22H32FN5O. The highest BCUT2D eigenvalue weighted by molar-refractivity contribution is 5.83. The predicted molar refractivity (Wildman–Crippen MR) is 115 cm³/mol. The second kappa shape index (κ2) is 9.13. The smallest absolute Gasteiger partial charge is 0.191 e. The highest BCUT2D eigenvalue weighted by atomic mass is 19.1. The van der Waals surface area contributed by atoms with Gasteiger partial charge in [0.2, 0.25) is 0 Å². The molecule has 2 aromatic rings. The van der Waals surface area contributed by atoms with E-state index in [0.717, 1.165) is 62.4 Å². The first-order valence-corrected chi connectivity index (χ1v) is 10.7. The number of hydrogen-bond donors (Lipinski definition) is 3. The van der Waals surface area contributed by atoms with E-state index >= 15 is 0 Å². The van der Waals surface area contributed by atoms with Crippen LogP contribution in [0.2, 0.25) is 0 Å². The van der Waals surface area contributed by atoms with Crippen molar-refractivity contribution >= 4 is 16.9 Å². The topological polar surface area (TPSA) is 64.7 Å². The summed E-state index contributed by atoms with van der Waals surface area (Å²) in [6.07, 6.45) is 7.55. The number of benzene rings is 1. The van der Waals surface area contributed by atoms with Crippen LogP contribution in [0.5, 0.6) is 0 Å². The fourth-order valence-corrected chi connectivity index (χ4v) is 4.70. The Hall–Kier alpha value is -2.12. The Morgan fingerprint density at radius 3 is 2.79 bits per heavy atom. The van der Waals surface area contributed by atoms with E-state index in [-0.39, 0.29) is 11.4 Å². The second-order valence-electron chi connectivity index (χ2n) is 8.14. The average Bonchev–Trinajstić information content (AvgIpc) is 3.42. The average molecular weight is 402 g/mol. The van der Waals surface area contributed by atoms with E-state index in [9.17, 15) is 4.39 Å². The van der Waals surface area contributed by atoms with Gasteiger partial charge in [-0.25, -0.2) is 4.39 Å². The number of nitrogens with zero attached hydrogens (tertiary/aromatic N) is 2. The molecule has 1 aromatic heterocycles. The third-order valence-corrected chi connectivity index (χ3v) is 6.43. The van der Waals surface area contributed by atoms with Crippen molar-refractivity contribution in [2.75, 3.05) is 46.4 Å². The largest absolute Gasteiger partial charge is 0.381 e. The molecule has 4 rings (SSSR count). The summed E-state index contributed by atoms with van der Waals surface area (Å²) in [7, 11) is 1.82. The van der Waals surface area contributed by atoms with Gasteiger partial charge in [-0.3, -0.25) is 9.89 Å². The van der Waals surface area contributed by atoms with Crippen LogP contribution < -0.4 is 10.6 Å². The number of aliphatic imine (C=N–C) groups is 1. The number of guanidine groups is 1. The van der Waals surface area contributed by atoms with E-state index in [4.69, 9.17) is 4.74 Å². The summed E-state index contributed by atoms with van der Waals surface area (Å²) in [6, 6.07) is 4.90. The zero-order valence-electron chi connectivity index (χ0n) is 17.3. The van der Waals surface area contributed by atoms with E-state index in [1.807, 2.05) is 19.3 Å². The molecule has 0 atom stereocenters. The van der Waals surface area contributed by atoms with Gasteiger partial charge in [0, 0.05) is 56.0 Å². The van der Waals surface area contributed by atoms with Crippen LogP contribution in [-0.2, 0) is 11.2 Å². The molecule has 2 aliphatic heterocycles. The number of aromatic amines is 1. The van der Waals surface area contributed by atoms with Crippen LogP contribution in [0.1, 0.15) is 31.2 Å². The van der Waals surface area contributed by atoms with Crippen molar-refractivity contribution in [3.05, 3.63) is 35.8 Å². The molecule has 29 heavy (non-hydrogen) atoms. The lowest BCUT2D eigenvalue weighted by atomic mass is 9.88. The first-order valence-electron chi connectivity index (χ1n) is 10.7. The molecule has 0 unspecified atom stereocenters. The summed E-state index contributed by atoms with van der Waals surface area (Å²) >= 11 is 0. The van der Waals surface area contributed by atoms with Crippen LogP contribution in [0.25, 0.3) is 10.9 Å². The van der Waals surface area contributed by atoms with E-state index < -0.39 is 0 Å². The lowest BCUT2D eigenvalue weighted by Gasteiger charge is -2.45. The summed E-state index contributed by atoms with van der Waals surface area (Å²) in [6.45, 7) is 5.71. The number of halogens is 1. The number of nitrogens with one attached hydrogen (secondary N) is 3. The van der Waals surface area contributed by atoms with Crippen molar-refractivity contribution in [1.82, 2.24) is 20.5 Å². The molecule has 3 N–H and O–H groups in total. The number of H-pyrrole nitrogens is 1. The van der Waals surface area contributed by atoms with Crippen molar-refractivity contribution in [1.29, 1.82) is 0 Å². The molecule has 2 fully saturated rings. The maximum absolute atomic E-state index is 13.4. The maximum atomic E-state index is 13.4. The van der Waals surface area contributed by atoms with Gasteiger partial charge < -0.3 is 20.4 Å². The van der Waals surface area contributed by atoms with Gasteiger partial charge >= 0.3 is 0 Å². The van der Waals surface area contributed by atoms with Gasteiger partial charge in [-0.05, 0) is 69.0 Å². The Labute approximate surface area is 171 Å². The second-order valence-corrected chi connectivity index (χ2v) is 8.14. The van der Waals surface area contributed by atoms with Crippen molar-refractivity contribution in [2.24, 2.45) is 4.99 Å². The summed E-state index contributed by atoms with van der Waals surface area (Å²) in [4.78, 5) is 10.2. The molecule has 3 heterocycles. The van der Waals surface area contributed by atoms with E-state index in [1.54, 1.807) is 6.07 Å². The highest BCUT2D eigenvalue weighted by Gasteiger charge is 2.39. The molecular weight excluding hydrogens is 369 g/mol. The Kier molecular flexibility index (Phi) is 6.35. The molecule has 7 heteroatoms. The molecule has 0 saturated carbocycles. The molecule has 2 saturated heterocycles. The minimum atomic E-state index is -0.214. The van der Waals surface area contributed by atoms with Crippen LogP contribution in [-0.4, -0.2) is 67.8 Å². The molecule has 0 bridgehead atoms. The van der Waals surface area contributed by atoms with E-state index in [2.05, 4.69) is 25.5 Å². The Morgan fingerprint density at radius 1 is 1.24 bits per heavy atom. The normalized spacial score (nSPS) is 20.3. The number of likely N-dealkylation sites (tertiary alicyclic amines) is 1. The van der Waals surface area contributed by atoms with Crippen molar-refractivity contribution in [3.63, 3.8) is 0 Å². The Morgan fingerprint density at radius 2 is 2.03 bits per heavy atom. The fraction of sp³-hybridized carbons (Fsp3) is 0.591. The summed E-state index contributed by atoms with van der Waals surface area (Å²) in [5.41, 5.74) is 2.20. The molecule has 0 radical (unpaired) electrons. The van der Waals surface area contributed by atoms with Gasteiger partial charge in [0.15, 0.2) is 5.96 Å². The zero-order chi connectivity index (χ0) is 20.1. The molecule has 1 aromatic carbocycles. The van der Waals surface area contributed by atoms with Gasteiger partial charge in [0.25, 0.3) is 0 Å². The number of aromatic nitrogens is 1. The van der Waals surface area contributed by atoms with Gasteiger partial charge in [0.05, 0.1) is 0 Å². The standard InChI is InChI=1S/C22H32FN5O/c1-24-21(25-9-6-17-15-26-20-14-18(23)4-5-19(17)20)27-16-22(7-12-29-13-8-22)28-10-2-3-11-28/h4-5,14-15,26H,2-3,6-13,16H2,1H3,(H2,24,25,27). The van der Waals surface area contributed by atoms with Gasteiger partial charge in [-0.15, -0.1) is 0 Å². The SMILES string of the molecule is CN=C(NCCc1c[nH]c2cc(F)ccc12)NCC1(N2CCCC2)CCOCC1. The number of rotatable bonds is 6. The van der Waals surface area contributed by atoms with Crippen LogP contribution in [0.15, 0.2) is 29.4 Å². The summed E-state index contributed by atoms with van der Waals surface area (Å²) in [5.74, 6) is 0.620.